The molecule has 10 heteroatoms. The predicted molar refractivity (Wildman–Crippen MR) is 105 cm³/mol. The van der Waals surface area contributed by atoms with Gasteiger partial charge in [-0.1, -0.05) is 0 Å². The maximum atomic E-state index is 13.9. The van der Waals surface area contributed by atoms with Gasteiger partial charge in [-0.2, -0.15) is 9.29 Å². The molecule has 3 rings (SSSR count). The van der Waals surface area contributed by atoms with Crippen molar-refractivity contribution < 1.29 is 17.5 Å². The van der Waals surface area contributed by atoms with E-state index in [1.54, 1.807) is 0 Å². The Balaban J connectivity index is 1.73. The van der Waals surface area contributed by atoms with Gasteiger partial charge in [0.05, 0.1) is 12.0 Å². The lowest BCUT2D eigenvalue weighted by Gasteiger charge is -2.34. The monoisotopic (exact) mass is 409 g/mol. The summed E-state index contributed by atoms with van der Waals surface area (Å²) in [5.74, 6) is 0.625. The number of hydrogen-bond donors (Lipinski definition) is 1. The van der Waals surface area contributed by atoms with Crippen LogP contribution in [0.2, 0.25) is 0 Å². The molecule has 2 aromatic rings. The molecule has 0 aliphatic carbocycles. The van der Waals surface area contributed by atoms with Gasteiger partial charge in [0.15, 0.2) is 11.6 Å². The van der Waals surface area contributed by atoms with Gasteiger partial charge >= 0.3 is 0 Å². The van der Waals surface area contributed by atoms with E-state index in [4.69, 9.17) is 4.74 Å². The first-order valence-electron chi connectivity index (χ1n) is 9.03. The lowest BCUT2D eigenvalue weighted by Crippen LogP contribution is -2.49. The third-order valence-electron chi connectivity index (χ3n) is 4.48. The molecule has 0 bridgehead atoms. The van der Waals surface area contributed by atoms with Crippen LogP contribution in [0.5, 0.6) is 5.75 Å². The van der Waals surface area contributed by atoms with Crippen LogP contribution in [0.1, 0.15) is 12.6 Å². The molecule has 0 radical (unpaired) electrons. The number of halogens is 1. The van der Waals surface area contributed by atoms with Crippen LogP contribution in [0.4, 0.5) is 16.2 Å². The first-order valence-corrected chi connectivity index (χ1v) is 10.5. The SMILES string of the molecule is CCNc1cc(C)nc(N2CCN(S(=O)(=O)c3ccc(OC)c(F)c3)CC2)n1. The van der Waals surface area contributed by atoms with Gasteiger partial charge in [0.25, 0.3) is 0 Å². The van der Waals surface area contributed by atoms with Crippen molar-refractivity contribution in [3.8, 4) is 5.75 Å². The normalized spacial score (nSPS) is 15.5. The van der Waals surface area contributed by atoms with Gasteiger partial charge in [-0.15, -0.1) is 0 Å². The highest BCUT2D eigenvalue weighted by atomic mass is 32.2. The van der Waals surface area contributed by atoms with Crippen LogP contribution < -0.4 is 15.0 Å². The minimum Gasteiger partial charge on any atom is -0.494 e. The smallest absolute Gasteiger partial charge is 0.243 e. The largest absolute Gasteiger partial charge is 0.494 e. The Bertz CT molecular complexity index is 946. The molecule has 28 heavy (non-hydrogen) atoms. The third kappa shape index (κ3) is 4.17. The summed E-state index contributed by atoms with van der Waals surface area (Å²) < 4.78 is 45.8. The first kappa shape index (κ1) is 20.3. The van der Waals surface area contributed by atoms with E-state index in [0.29, 0.717) is 19.0 Å². The van der Waals surface area contributed by atoms with Crippen molar-refractivity contribution >= 4 is 21.8 Å². The average Bonchev–Trinajstić information content (AvgIpc) is 2.68. The first-order chi connectivity index (χ1) is 13.3. The van der Waals surface area contributed by atoms with Gasteiger partial charge in [-0.25, -0.2) is 17.8 Å². The number of ether oxygens (including phenoxy) is 1. The zero-order valence-corrected chi connectivity index (χ0v) is 17.0. The van der Waals surface area contributed by atoms with Crippen molar-refractivity contribution in [2.75, 3.05) is 50.1 Å². The number of hydrogen-bond acceptors (Lipinski definition) is 7. The Hall–Kier alpha value is -2.46. The number of anilines is 2. The van der Waals surface area contributed by atoms with E-state index in [-0.39, 0.29) is 23.7 Å². The van der Waals surface area contributed by atoms with Crippen molar-refractivity contribution in [2.45, 2.75) is 18.7 Å². The zero-order valence-electron chi connectivity index (χ0n) is 16.1. The molecule has 1 saturated heterocycles. The van der Waals surface area contributed by atoms with Crippen LogP contribution in [0, 0.1) is 12.7 Å². The Labute approximate surface area is 164 Å². The fraction of sp³-hybridized carbons (Fsp3) is 0.444. The van der Waals surface area contributed by atoms with Crippen molar-refractivity contribution in [1.29, 1.82) is 0 Å². The van der Waals surface area contributed by atoms with E-state index in [1.807, 2.05) is 24.8 Å². The minimum absolute atomic E-state index is 0.0110. The molecule has 0 spiro atoms. The molecule has 0 amide bonds. The van der Waals surface area contributed by atoms with Gasteiger partial charge < -0.3 is 15.0 Å². The molecule has 2 heterocycles. The third-order valence-corrected chi connectivity index (χ3v) is 6.38. The summed E-state index contributed by atoms with van der Waals surface area (Å²) in [6.45, 7) is 6.07. The van der Waals surface area contributed by atoms with Gasteiger partial charge in [-0.3, -0.25) is 0 Å². The van der Waals surface area contributed by atoms with E-state index in [2.05, 4.69) is 15.3 Å². The highest BCUT2D eigenvalue weighted by Crippen LogP contribution is 2.24. The van der Waals surface area contributed by atoms with Gasteiger partial charge in [0, 0.05) is 44.5 Å². The zero-order chi connectivity index (χ0) is 20.3. The molecule has 1 aliphatic heterocycles. The molecule has 1 aromatic carbocycles. The molecule has 1 fully saturated rings. The lowest BCUT2D eigenvalue weighted by atomic mass is 10.3. The van der Waals surface area contributed by atoms with E-state index in [1.165, 1.54) is 23.5 Å². The molecule has 1 aromatic heterocycles. The van der Waals surface area contributed by atoms with Crippen LogP contribution in [0.25, 0.3) is 0 Å². The standard InChI is InChI=1S/C18H24FN5O3S/c1-4-20-17-11-13(2)21-18(22-17)23-7-9-24(10-8-23)28(25,26)14-5-6-16(27-3)15(19)12-14/h5-6,11-12H,4,7-10H2,1-3H3,(H,20,21,22). The van der Waals surface area contributed by atoms with Crippen LogP contribution >= 0.6 is 0 Å². The second kappa shape index (κ2) is 8.27. The molecule has 1 aliphatic rings. The Morgan fingerprint density at radius 2 is 1.89 bits per heavy atom. The molecule has 152 valence electrons. The van der Waals surface area contributed by atoms with E-state index in [0.717, 1.165) is 24.1 Å². The quantitative estimate of drug-likeness (QED) is 0.779. The van der Waals surface area contributed by atoms with Crippen molar-refractivity contribution in [1.82, 2.24) is 14.3 Å². The number of benzene rings is 1. The Morgan fingerprint density at radius 1 is 1.18 bits per heavy atom. The molecule has 8 nitrogen and oxygen atoms in total. The average molecular weight is 409 g/mol. The number of methoxy groups -OCH3 is 1. The molecule has 1 N–H and O–H groups in total. The fourth-order valence-electron chi connectivity index (χ4n) is 3.05. The second-order valence-corrected chi connectivity index (χ2v) is 8.35. The molecule has 0 unspecified atom stereocenters. The van der Waals surface area contributed by atoms with Gasteiger partial charge in [0.2, 0.25) is 16.0 Å². The van der Waals surface area contributed by atoms with Crippen molar-refractivity contribution in [2.24, 2.45) is 0 Å². The highest BCUT2D eigenvalue weighted by Gasteiger charge is 2.30. The summed E-state index contributed by atoms with van der Waals surface area (Å²) in [5.41, 5.74) is 0.838. The maximum Gasteiger partial charge on any atom is 0.243 e. The lowest BCUT2D eigenvalue weighted by molar-refractivity contribution is 0.378. The van der Waals surface area contributed by atoms with Crippen molar-refractivity contribution in [3.05, 3.63) is 35.8 Å². The number of nitrogens with zero attached hydrogens (tertiary/aromatic N) is 4. The maximum absolute atomic E-state index is 13.9. The van der Waals surface area contributed by atoms with E-state index < -0.39 is 15.8 Å². The van der Waals surface area contributed by atoms with Crippen LogP contribution in [-0.4, -0.2) is 62.5 Å². The molecule has 0 saturated carbocycles. The molecule has 0 atom stereocenters. The predicted octanol–water partition coefficient (Wildman–Crippen LogP) is 1.88. The fourth-order valence-corrected chi connectivity index (χ4v) is 4.49. The summed E-state index contributed by atoms with van der Waals surface area (Å²) in [6.07, 6.45) is 0. The summed E-state index contributed by atoms with van der Waals surface area (Å²) in [4.78, 5) is 10.8. The summed E-state index contributed by atoms with van der Waals surface area (Å²) in [6, 6.07) is 5.54. The summed E-state index contributed by atoms with van der Waals surface area (Å²) >= 11 is 0. The number of aromatic nitrogens is 2. The minimum atomic E-state index is -3.78. The van der Waals surface area contributed by atoms with Crippen LogP contribution in [0.15, 0.2) is 29.2 Å². The molecular formula is C18H24FN5O3S. The Kier molecular flexibility index (Phi) is 5.99. The van der Waals surface area contributed by atoms with Gasteiger partial charge in [0.1, 0.15) is 5.82 Å². The van der Waals surface area contributed by atoms with E-state index >= 15 is 0 Å². The number of rotatable bonds is 6. The van der Waals surface area contributed by atoms with Crippen LogP contribution in [0.3, 0.4) is 0 Å². The van der Waals surface area contributed by atoms with Crippen LogP contribution in [-0.2, 0) is 10.0 Å². The summed E-state index contributed by atoms with van der Waals surface area (Å²) in [7, 11) is -2.45. The number of piperazine rings is 1. The number of nitrogens with one attached hydrogen (secondary N) is 1. The topological polar surface area (TPSA) is 87.7 Å². The second-order valence-electron chi connectivity index (χ2n) is 6.41. The summed E-state index contributed by atoms with van der Waals surface area (Å²) in [5, 5.41) is 3.17. The van der Waals surface area contributed by atoms with E-state index in [9.17, 15) is 12.8 Å². The van der Waals surface area contributed by atoms with Gasteiger partial charge in [-0.05, 0) is 32.0 Å². The highest BCUT2D eigenvalue weighted by molar-refractivity contribution is 7.89. The Morgan fingerprint density at radius 3 is 2.50 bits per heavy atom. The molecular weight excluding hydrogens is 385 g/mol. The van der Waals surface area contributed by atoms with Crippen molar-refractivity contribution in [3.63, 3.8) is 0 Å². The number of sulfonamides is 1. The number of aryl methyl sites for hydroxylation is 1.